The second-order valence-corrected chi connectivity index (χ2v) is 3.73. The van der Waals surface area contributed by atoms with Crippen molar-refractivity contribution in [1.82, 2.24) is 0 Å². The maximum atomic E-state index is 11.0. The molecule has 18 heavy (non-hydrogen) atoms. The minimum Gasteiger partial charge on any atom is -0.497 e. The molecule has 0 aliphatic heterocycles. The van der Waals surface area contributed by atoms with Crippen molar-refractivity contribution in [3.63, 3.8) is 0 Å². The normalized spacial score (nSPS) is 12.4. The highest BCUT2D eigenvalue weighted by Crippen LogP contribution is 2.12. The number of carbonyl (C=O) groups excluding carboxylic acids is 1. The summed E-state index contributed by atoms with van der Waals surface area (Å²) in [5, 5.41) is 9.72. The van der Waals surface area contributed by atoms with E-state index in [2.05, 4.69) is 0 Å². The molecular formula is C14H18O4. The molecule has 1 atom stereocenters. The third-order valence-electron chi connectivity index (χ3n) is 2.34. The first-order chi connectivity index (χ1) is 8.65. The van der Waals surface area contributed by atoms with E-state index in [4.69, 9.17) is 9.47 Å². The number of aliphatic hydroxyl groups is 1. The Labute approximate surface area is 107 Å². The van der Waals surface area contributed by atoms with Crippen LogP contribution in [-0.2, 0) is 16.0 Å². The maximum Gasteiger partial charge on any atom is 0.330 e. The molecule has 0 spiro atoms. The van der Waals surface area contributed by atoms with Gasteiger partial charge in [0.15, 0.2) is 0 Å². The average Bonchev–Trinajstić information content (AvgIpc) is 2.38. The quantitative estimate of drug-likeness (QED) is 0.617. The fourth-order valence-electron chi connectivity index (χ4n) is 1.45. The topological polar surface area (TPSA) is 55.8 Å². The predicted molar refractivity (Wildman–Crippen MR) is 68.5 cm³/mol. The lowest BCUT2D eigenvalue weighted by atomic mass is 10.1. The Morgan fingerprint density at radius 3 is 2.61 bits per heavy atom. The molecule has 4 heteroatoms. The van der Waals surface area contributed by atoms with Crippen LogP contribution in [0, 0.1) is 0 Å². The van der Waals surface area contributed by atoms with Gasteiger partial charge in [-0.2, -0.15) is 0 Å². The summed E-state index contributed by atoms with van der Waals surface area (Å²) < 4.78 is 9.76. The maximum absolute atomic E-state index is 11.0. The Morgan fingerprint density at radius 2 is 2.06 bits per heavy atom. The smallest absolute Gasteiger partial charge is 0.330 e. The van der Waals surface area contributed by atoms with Crippen molar-refractivity contribution in [2.24, 2.45) is 0 Å². The van der Waals surface area contributed by atoms with E-state index >= 15 is 0 Å². The molecule has 0 heterocycles. The number of esters is 1. The van der Waals surface area contributed by atoms with Gasteiger partial charge in [0.2, 0.25) is 0 Å². The van der Waals surface area contributed by atoms with E-state index in [-0.39, 0.29) is 0 Å². The van der Waals surface area contributed by atoms with Gasteiger partial charge in [-0.15, -0.1) is 0 Å². The molecule has 0 aliphatic carbocycles. The lowest BCUT2D eigenvalue weighted by Gasteiger charge is -2.06. The molecule has 0 fully saturated rings. The average molecular weight is 250 g/mol. The first-order valence-electron chi connectivity index (χ1n) is 5.81. The largest absolute Gasteiger partial charge is 0.497 e. The fraction of sp³-hybridized carbons (Fsp3) is 0.357. The van der Waals surface area contributed by atoms with Crippen molar-refractivity contribution >= 4 is 5.97 Å². The predicted octanol–water partition coefficient (Wildman–Crippen LogP) is 1.72. The van der Waals surface area contributed by atoms with E-state index in [0.29, 0.717) is 13.0 Å². The summed E-state index contributed by atoms with van der Waals surface area (Å²) in [5.74, 6) is 0.335. The molecule has 0 aromatic heterocycles. The van der Waals surface area contributed by atoms with Gasteiger partial charge >= 0.3 is 5.97 Å². The lowest BCUT2D eigenvalue weighted by molar-refractivity contribution is -0.137. The number of ether oxygens (including phenoxy) is 2. The van der Waals surface area contributed by atoms with Gasteiger partial charge in [-0.1, -0.05) is 12.1 Å². The number of rotatable bonds is 6. The number of hydrogen-bond acceptors (Lipinski definition) is 4. The van der Waals surface area contributed by atoms with Gasteiger partial charge in [0.25, 0.3) is 0 Å². The van der Waals surface area contributed by atoms with Gasteiger partial charge in [0.1, 0.15) is 5.75 Å². The number of hydrogen-bond donors (Lipinski definition) is 1. The zero-order valence-corrected chi connectivity index (χ0v) is 10.6. The Kier molecular flexibility index (Phi) is 5.94. The molecule has 1 rings (SSSR count). The second-order valence-electron chi connectivity index (χ2n) is 3.73. The minimum atomic E-state index is -0.706. The zero-order valence-electron chi connectivity index (χ0n) is 10.6. The number of aliphatic hydroxyl groups excluding tert-OH is 1. The molecule has 1 N–H and O–H groups in total. The molecule has 0 radical (unpaired) electrons. The van der Waals surface area contributed by atoms with Crippen LogP contribution in [0.5, 0.6) is 5.75 Å². The van der Waals surface area contributed by atoms with Gasteiger partial charge in [0, 0.05) is 12.5 Å². The Bertz CT molecular complexity index is 395. The van der Waals surface area contributed by atoms with E-state index in [0.717, 1.165) is 11.3 Å². The highest BCUT2D eigenvalue weighted by molar-refractivity contribution is 5.81. The van der Waals surface area contributed by atoms with Crippen LogP contribution < -0.4 is 4.74 Å². The van der Waals surface area contributed by atoms with Gasteiger partial charge in [-0.25, -0.2) is 4.79 Å². The molecule has 0 aliphatic rings. The summed E-state index contributed by atoms with van der Waals surface area (Å²) in [4.78, 5) is 11.0. The van der Waals surface area contributed by atoms with Crippen LogP contribution in [0.3, 0.4) is 0 Å². The van der Waals surface area contributed by atoms with Crippen LogP contribution in [0.2, 0.25) is 0 Å². The zero-order chi connectivity index (χ0) is 13.4. The Hall–Kier alpha value is -1.81. The van der Waals surface area contributed by atoms with Crippen molar-refractivity contribution < 1.29 is 19.4 Å². The minimum absolute atomic E-state index is 0.331. The van der Waals surface area contributed by atoms with Gasteiger partial charge in [-0.3, -0.25) is 0 Å². The van der Waals surface area contributed by atoms with E-state index < -0.39 is 12.1 Å². The van der Waals surface area contributed by atoms with Crippen LogP contribution in [0.1, 0.15) is 12.5 Å². The molecule has 0 saturated carbocycles. The second kappa shape index (κ2) is 7.50. The molecule has 1 aromatic carbocycles. The van der Waals surface area contributed by atoms with Crippen LogP contribution in [-0.4, -0.2) is 30.9 Å². The standard InChI is InChI=1S/C14H18O4/c1-3-18-14(16)9-6-12(15)10-11-4-7-13(17-2)8-5-11/h4-9,12,15H,3,10H2,1-2H3/b9-6+/t12-/m0/s1. The van der Waals surface area contributed by atoms with Crippen LogP contribution in [0.15, 0.2) is 36.4 Å². The highest BCUT2D eigenvalue weighted by Gasteiger charge is 2.03. The van der Waals surface area contributed by atoms with Gasteiger partial charge in [0.05, 0.1) is 19.8 Å². The van der Waals surface area contributed by atoms with Gasteiger partial charge in [-0.05, 0) is 30.7 Å². The molecule has 0 bridgehead atoms. The number of carbonyl (C=O) groups is 1. The molecule has 4 nitrogen and oxygen atoms in total. The number of methoxy groups -OCH3 is 1. The van der Waals surface area contributed by atoms with E-state index in [1.165, 1.54) is 12.2 Å². The fourth-order valence-corrected chi connectivity index (χ4v) is 1.45. The molecule has 98 valence electrons. The summed E-state index contributed by atoms with van der Waals surface area (Å²) in [6.07, 6.45) is 2.42. The first kappa shape index (κ1) is 14.3. The third kappa shape index (κ3) is 5.01. The van der Waals surface area contributed by atoms with Crippen LogP contribution >= 0.6 is 0 Å². The summed E-state index contributed by atoms with van der Waals surface area (Å²) in [6, 6.07) is 7.41. The highest BCUT2D eigenvalue weighted by atomic mass is 16.5. The summed E-state index contributed by atoms with van der Waals surface area (Å²) >= 11 is 0. The Balaban J connectivity index is 2.48. The summed E-state index contributed by atoms with van der Waals surface area (Å²) in [6.45, 7) is 2.07. The number of benzene rings is 1. The van der Waals surface area contributed by atoms with E-state index in [1.54, 1.807) is 14.0 Å². The van der Waals surface area contributed by atoms with E-state index in [1.807, 2.05) is 24.3 Å². The summed E-state index contributed by atoms with van der Waals surface area (Å²) in [7, 11) is 1.60. The van der Waals surface area contributed by atoms with Gasteiger partial charge < -0.3 is 14.6 Å². The van der Waals surface area contributed by atoms with Crippen molar-refractivity contribution in [3.05, 3.63) is 42.0 Å². The molecule has 1 aromatic rings. The first-order valence-corrected chi connectivity index (χ1v) is 5.81. The van der Waals surface area contributed by atoms with Crippen molar-refractivity contribution in [2.75, 3.05) is 13.7 Å². The van der Waals surface area contributed by atoms with Crippen LogP contribution in [0.25, 0.3) is 0 Å². The van der Waals surface area contributed by atoms with Crippen molar-refractivity contribution in [1.29, 1.82) is 0 Å². The monoisotopic (exact) mass is 250 g/mol. The lowest BCUT2D eigenvalue weighted by Crippen LogP contribution is -2.08. The third-order valence-corrected chi connectivity index (χ3v) is 2.34. The molecule has 0 saturated heterocycles. The Morgan fingerprint density at radius 1 is 1.39 bits per heavy atom. The summed E-state index contributed by atoms with van der Waals surface area (Å²) in [5.41, 5.74) is 0.969. The van der Waals surface area contributed by atoms with Crippen molar-refractivity contribution in [2.45, 2.75) is 19.4 Å². The van der Waals surface area contributed by atoms with Crippen molar-refractivity contribution in [3.8, 4) is 5.75 Å². The molecular weight excluding hydrogens is 232 g/mol. The molecule has 0 amide bonds. The van der Waals surface area contributed by atoms with E-state index in [9.17, 15) is 9.90 Å². The van der Waals surface area contributed by atoms with Crippen LogP contribution in [0.4, 0.5) is 0 Å². The SMILES string of the molecule is CCOC(=O)/C=C/[C@H](O)Cc1ccc(OC)cc1. The molecule has 0 unspecified atom stereocenters.